The zero-order valence-corrected chi connectivity index (χ0v) is 13.4. The van der Waals surface area contributed by atoms with E-state index in [0.29, 0.717) is 18.5 Å². The molecule has 24 heavy (non-hydrogen) atoms. The van der Waals surface area contributed by atoms with E-state index in [2.05, 4.69) is 4.98 Å². The molecule has 1 aromatic heterocycles. The van der Waals surface area contributed by atoms with Crippen molar-refractivity contribution in [1.82, 2.24) is 9.55 Å². The highest BCUT2D eigenvalue weighted by Crippen LogP contribution is 2.26. The van der Waals surface area contributed by atoms with Gasteiger partial charge in [-0.25, -0.2) is 4.98 Å². The quantitative estimate of drug-likeness (QED) is 0.701. The van der Waals surface area contributed by atoms with Crippen molar-refractivity contribution in [2.24, 2.45) is 0 Å². The fourth-order valence-electron chi connectivity index (χ4n) is 2.77. The van der Waals surface area contributed by atoms with Crippen LogP contribution in [0.25, 0.3) is 22.4 Å². The number of imidazole rings is 1. The summed E-state index contributed by atoms with van der Waals surface area (Å²) < 4.78 is 2.03. The third-order valence-electron chi connectivity index (χ3n) is 3.96. The number of aryl methyl sites for hydroxylation is 1. The number of Topliss-reactive ketones (excluding diaryl/α,β-unsaturated/α-hetero) is 1. The number of carbonyl (C=O) groups is 2. The van der Waals surface area contributed by atoms with Crippen molar-refractivity contribution in [2.45, 2.75) is 26.3 Å². The summed E-state index contributed by atoms with van der Waals surface area (Å²) in [5.41, 5.74) is 3.24. The van der Waals surface area contributed by atoms with Crippen molar-refractivity contribution < 1.29 is 14.7 Å². The first-order valence-electron chi connectivity index (χ1n) is 7.84. The lowest BCUT2D eigenvalue weighted by atomic mass is 10.1. The third kappa shape index (κ3) is 3.20. The molecule has 0 atom stereocenters. The highest BCUT2D eigenvalue weighted by Gasteiger charge is 2.14. The summed E-state index contributed by atoms with van der Waals surface area (Å²) in [4.78, 5) is 27.1. The Bertz CT molecular complexity index is 898. The number of ketones is 1. The van der Waals surface area contributed by atoms with Crippen LogP contribution >= 0.6 is 0 Å². The molecular formula is C19H18N2O3. The predicted octanol–water partition coefficient (Wildman–Crippen LogP) is 3.77. The molecule has 0 aliphatic heterocycles. The van der Waals surface area contributed by atoms with E-state index in [0.717, 1.165) is 22.4 Å². The van der Waals surface area contributed by atoms with Gasteiger partial charge in [-0.15, -0.1) is 0 Å². The van der Waals surface area contributed by atoms with Crippen LogP contribution in [0, 0.1) is 0 Å². The average molecular weight is 322 g/mol. The second kappa shape index (κ2) is 6.66. The summed E-state index contributed by atoms with van der Waals surface area (Å²) in [5, 5.41) is 8.88. The number of nitrogens with zero attached hydrogens (tertiary/aromatic N) is 2. The number of rotatable bonds is 6. The summed E-state index contributed by atoms with van der Waals surface area (Å²) in [6.45, 7) is 2.09. The Hall–Kier alpha value is -2.95. The summed E-state index contributed by atoms with van der Waals surface area (Å²) >= 11 is 0. The Morgan fingerprint density at radius 1 is 1.12 bits per heavy atom. The van der Waals surface area contributed by atoms with Crippen LogP contribution < -0.4 is 0 Å². The summed E-state index contributed by atoms with van der Waals surface area (Å²) in [5.74, 6) is -0.0187. The van der Waals surface area contributed by atoms with Crippen LogP contribution in [0.1, 0.15) is 30.1 Å². The SMILES string of the molecule is CC(=O)c1ccc2c(c1)nc(-c1ccccc1)n2CCCC(=O)O. The Kier molecular flexibility index (Phi) is 4.42. The molecule has 2 aromatic carbocycles. The van der Waals surface area contributed by atoms with Gasteiger partial charge in [0.05, 0.1) is 11.0 Å². The topological polar surface area (TPSA) is 72.2 Å². The van der Waals surface area contributed by atoms with Crippen LogP contribution in [-0.4, -0.2) is 26.4 Å². The van der Waals surface area contributed by atoms with Gasteiger partial charge in [-0.2, -0.15) is 0 Å². The molecule has 0 amide bonds. The van der Waals surface area contributed by atoms with Gasteiger partial charge in [0.2, 0.25) is 0 Å². The van der Waals surface area contributed by atoms with Crippen molar-refractivity contribution in [3.05, 3.63) is 54.1 Å². The highest BCUT2D eigenvalue weighted by atomic mass is 16.4. The highest BCUT2D eigenvalue weighted by molar-refractivity contribution is 5.97. The normalized spacial score (nSPS) is 10.9. The van der Waals surface area contributed by atoms with Crippen LogP contribution in [0.4, 0.5) is 0 Å². The largest absolute Gasteiger partial charge is 0.481 e. The lowest BCUT2D eigenvalue weighted by molar-refractivity contribution is -0.137. The zero-order valence-electron chi connectivity index (χ0n) is 13.4. The van der Waals surface area contributed by atoms with Crippen LogP contribution in [0.2, 0.25) is 0 Å². The number of hydrogen-bond acceptors (Lipinski definition) is 3. The van der Waals surface area contributed by atoms with E-state index in [-0.39, 0.29) is 12.2 Å². The molecule has 0 fully saturated rings. The van der Waals surface area contributed by atoms with Crippen molar-refractivity contribution >= 4 is 22.8 Å². The molecule has 122 valence electrons. The molecule has 0 radical (unpaired) electrons. The summed E-state index contributed by atoms with van der Waals surface area (Å²) in [6, 6.07) is 15.2. The fourth-order valence-corrected chi connectivity index (χ4v) is 2.77. The second-order valence-electron chi connectivity index (χ2n) is 5.71. The molecule has 3 aromatic rings. The van der Waals surface area contributed by atoms with Crippen LogP contribution in [0.5, 0.6) is 0 Å². The fraction of sp³-hybridized carbons (Fsp3) is 0.211. The van der Waals surface area contributed by atoms with Gasteiger partial charge in [-0.05, 0) is 31.5 Å². The average Bonchev–Trinajstić information content (AvgIpc) is 2.93. The standard InChI is InChI=1S/C19H18N2O3/c1-13(22)15-9-10-17-16(12-15)20-19(14-6-3-2-4-7-14)21(17)11-5-8-18(23)24/h2-4,6-7,9-10,12H,5,8,11H2,1H3,(H,23,24). The zero-order chi connectivity index (χ0) is 17.1. The third-order valence-corrected chi connectivity index (χ3v) is 3.96. The molecule has 0 aliphatic rings. The molecule has 5 nitrogen and oxygen atoms in total. The van der Waals surface area contributed by atoms with Gasteiger partial charge in [0, 0.05) is 24.1 Å². The Morgan fingerprint density at radius 2 is 1.88 bits per heavy atom. The molecule has 0 unspecified atom stereocenters. The van der Waals surface area contributed by atoms with Gasteiger partial charge >= 0.3 is 5.97 Å². The first-order valence-corrected chi connectivity index (χ1v) is 7.84. The Labute approximate surface area is 139 Å². The molecule has 0 saturated heterocycles. The van der Waals surface area contributed by atoms with Crippen LogP contribution in [0.15, 0.2) is 48.5 Å². The van der Waals surface area contributed by atoms with Crippen LogP contribution in [-0.2, 0) is 11.3 Å². The lowest BCUT2D eigenvalue weighted by Crippen LogP contribution is -2.04. The van der Waals surface area contributed by atoms with Gasteiger partial charge in [0.1, 0.15) is 5.82 Å². The molecule has 5 heteroatoms. The van der Waals surface area contributed by atoms with Gasteiger partial charge < -0.3 is 9.67 Å². The molecule has 0 bridgehead atoms. The number of carboxylic acids is 1. The molecule has 0 spiro atoms. The van der Waals surface area contributed by atoms with Crippen molar-refractivity contribution in [2.75, 3.05) is 0 Å². The van der Waals surface area contributed by atoms with E-state index in [1.807, 2.05) is 41.0 Å². The minimum atomic E-state index is -0.806. The molecule has 1 N–H and O–H groups in total. The smallest absolute Gasteiger partial charge is 0.303 e. The summed E-state index contributed by atoms with van der Waals surface area (Å²) in [7, 11) is 0. The van der Waals surface area contributed by atoms with E-state index in [1.54, 1.807) is 12.1 Å². The molecule has 0 saturated carbocycles. The minimum Gasteiger partial charge on any atom is -0.481 e. The van der Waals surface area contributed by atoms with E-state index >= 15 is 0 Å². The van der Waals surface area contributed by atoms with E-state index < -0.39 is 5.97 Å². The first-order chi connectivity index (χ1) is 11.6. The summed E-state index contributed by atoms with van der Waals surface area (Å²) in [6.07, 6.45) is 0.633. The van der Waals surface area contributed by atoms with Crippen molar-refractivity contribution in [1.29, 1.82) is 0 Å². The number of carbonyl (C=O) groups excluding carboxylic acids is 1. The maximum atomic E-state index is 11.6. The number of benzene rings is 2. The lowest BCUT2D eigenvalue weighted by Gasteiger charge is -2.08. The van der Waals surface area contributed by atoms with E-state index in [1.165, 1.54) is 6.92 Å². The van der Waals surface area contributed by atoms with Crippen molar-refractivity contribution in [3.63, 3.8) is 0 Å². The molecule has 0 aliphatic carbocycles. The van der Waals surface area contributed by atoms with Gasteiger partial charge in [0.25, 0.3) is 0 Å². The number of aliphatic carboxylic acids is 1. The van der Waals surface area contributed by atoms with E-state index in [4.69, 9.17) is 5.11 Å². The Morgan fingerprint density at radius 3 is 2.54 bits per heavy atom. The van der Waals surface area contributed by atoms with Crippen LogP contribution in [0.3, 0.4) is 0 Å². The number of aromatic nitrogens is 2. The predicted molar refractivity (Wildman–Crippen MR) is 92.0 cm³/mol. The molecule has 1 heterocycles. The Balaban J connectivity index is 2.09. The number of carboxylic acid groups (broad SMARTS) is 1. The van der Waals surface area contributed by atoms with Gasteiger partial charge in [0.15, 0.2) is 5.78 Å². The minimum absolute atomic E-state index is 0.00131. The second-order valence-corrected chi connectivity index (χ2v) is 5.71. The maximum absolute atomic E-state index is 11.6. The monoisotopic (exact) mass is 322 g/mol. The van der Waals surface area contributed by atoms with Crippen molar-refractivity contribution in [3.8, 4) is 11.4 Å². The van der Waals surface area contributed by atoms with Gasteiger partial charge in [-0.1, -0.05) is 30.3 Å². The number of hydrogen-bond donors (Lipinski definition) is 1. The first kappa shape index (κ1) is 15.9. The maximum Gasteiger partial charge on any atom is 0.303 e. The molecule has 3 rings (SSSR count). The van der Waals surface area contributed by atoms with Gasteiger partial charge in [-0.3, -0.25) is 9.59 Å². The number of fused-ring (bicyclic) bond motifs is 1. The molecular weight excluding hydrogens is 304 g/mol. The van der Waals surface area contributed by atoms with E-state index in [9.17, 15) is 9.59 Å².